The molecule has 0 saturated carbocycles. The average molecular weight is 210 g/mol. The highest BCUT2D eigenvalue weighted by molar-refractivity contribution is 5.92. The first-order valence-corrected chi connectivity index (χ1v) is 5.05. The third-order valence-corrected chi connectivity index (χ3v) is 2.68. The Bertz CT molecular complexity index is 642. The van der Waals surface area contributed by atoms with Crippen molar-refractivity contribution in [2.75, 3.05) is 0 Å². The zero-order valence-corrected chi connectivity index (χ0v) is 8.81. The van der Waals surface area contributed by atoms with Crippen molar-refractivity contribution in [2.45, 2.75) is 6.92 Å². The van der Waals surface area contributed by atoms with Crippen LogP contribution in [0.3, 0.4) is 0 Å². The van der Waals surface area contributed by atoms with E-state index in [1.165, 1.54) is 5.56 Å². The Balaban J connectivity index is 2.34. The van der Waals surface area contributed by atoms with Gasteiger partial charge in [-0.3, -0.25) is 10.1 Å². The molecule has 4 nitrogen and oxygen atoms in total. The quantitative estimate of drug-likeness (QED) is 0.670. The lowest BCUT2D eigenvalue weighted by Gasteiger charge is -2.05. The van der Waals surface area contributed by atoms with E-state index < -0.39 is 0 Å². The van der Waals surface area contributed by atoms with Crippen molar-refractivity contribution in [1.29, 1.82) is 0 Å². The molecule has 0 aromatic carbocycles. The summed E-state index contributed by atoms with van der Waals surface area (Å²) in [6.45, 7) is 2.07. The summed E-state index contributed by atoms with van der Waals surface area (Å²) in [4.78, 5) is 8.38. The van der Waals surface area contributed by atoms with Gasteiger partial charge in [0.05, 0.1) is 6.20 Å². The molecule has 78 valence electrons. The van der Waals surface area contributed by atoms with Gasteiger partial charge in [-0.05, 0) is 30.2 Å². The van der Waals surface area contributed by atoms with Crippen LogP contribution in [0.15, 0.2) is 36.9 Å². The molecule has 0 aliphatic rings. The summed E-state index contributed by atoms with van der Waals surface area (Å²) >= 11 is 0. The van der Waals surface area contributed by atoms with Crippen LogP contribution in [-0.2, 0) is 0 Å². The summed E-state index contributed by atoms with van der Waals surface area (Å²) in [6.07, 6.45) is 7.25. The minimum absolute atomic E-state index is 0.806. The topological polar surface area (TPSA) is 54.5 Å². The maximum Gasteiger partial charge on any atom is 0.155 e. The number of aromatic amines is 1. The Kier molecular flexibility index (Phi) is 1.93. The van der Waals surface area contributed by atoms with E-state index in [2.05, 4.69) is 27.1 Å². The van der Waals surface area contributed by atoms with Gasteiger partial charge in [0, 0.05) is 29.5 Å². The molecular formula is C12H10N4. The Morgan fingerprint density at radius 2 is 2.00 bits per heavy atom. The summed E-state index contributed by atoms with van der Waals surface area (Å²) < 4.78 is 0. The van der Waals surface area contributed by atoms with Crippen molar-refractivity contribution in [2.24, 2.45) is 0 Å². The van der Waals surface area contributed by atoms with Crippen LogP contribution in [0, 0.1) is 6.92 Å². The summed E-state index contributed by atoms with van der Waals surface area (Å²) in [5.74, 6) is 0. The number of nitrogens with one attached hydrogen (secondary N) is 1. The maximum absolute atomic E-state index is 4.22. The lowest BCUT2D eigenvalue weighted by Crippen LogP contribution is -1.86. The fourth-order valence-corrected chi connectivity index (χ4v) is 1.83. The van der Waals surface area contributed by atoms with Gasteiger partial charge in [0.25, 0.3) is 0 Å². The highest BCUT2D eigenvalue weighted by atomic mass is 15.1. The van der Waals surface area contributed by atoms with Gasteiger partial charge < -0.3 is 0 Å². The van der Waals surface area contributed by atoms with Gasteiger partial charge in [-0.25, -0.2) is 4.98 Å². The van der Waals surface area contributed by atoms with Gasteiger partial charge in [0.2, 0.25) is 0 Å². The fourth-order valence-electron chi connectivity index (χ4n) is 1.83. The molecule has 0 bridgehead atoms. The Labute approximate surface area is 92.4 Å². The molecule has 0 aliphatic carbocycles. The maximum atomic E-state index is 4.22. The largest absolute Gasteiger partial charge is 0.264 e. The van der Waals surface area contributed by atoms with Gasteiger partial charge in [-0.2, -0.15) is 5.10 Å². The van der Waals surface area contributed by atoms with E-state index in [-0.39, 0.29) is 0 Å². The lowest BCUT2D eigenvalue weighted by atomic mass is 10.0. The number of aryl methyl sites for hydroxylation is 1. The molecule has 0 radical (unpaired) electrons. The third kappa shape index (κ3) is 1.27. The molecule has 3 aromatic rings. The summed E-state index contributed by atoms with van der Waals surface area (Å²) in [5, 5.41) is 7.90. The van der Waals surface area contributed by atoms with Crippen LogP contribution < -0.4 is 0 Å². The normalized spacial score (nSPS) is 10.8. The molecule has 0 atom stereocenters. The minimum Gasteiger partial charge on any atom is -0.264 e. The lowest BCUT2D eigenvalue weighted by molar-refractivity contribution is 1.10. The molecule has 16 heavy (non-hydrogen) atoms. The van der Waals surface area contributed by atoms with E-state index in [0.717, 1.165) is 22.2 Å². The monoisotopic (exact) mass is 210 g/mol. The van der Waals surface area contributed by atoms with Gasteiger partial charge in [0.15, 0.2) is 5.65 Å². The van der Waals surface area contributed by atoms with Crippen molar-refractivity contribution in [3.05, 3.63) is 42.5 Å². The first-order chi connectivity index (χ1) is 7.86. The van der Waals surface area contributed by atoms with Gasteiger partial charge in [0.1, 0.15) is 0 Å². The third-order valence-electron chi connectivity index (χ3n) is 2.68. The Morgan fingerprint density at radius 1 is 1.06 bits per heavy atom. The fraction of sp³-hybridized carbons (Fsp3) is 0.0833. The number of pyridine rings is 2. The van der Waals surface area contributed by atoms with Crippen LogP contribution in [0.25, 0.3) is 22.2 Å². The number of nitrogens with zero attached hydrogens (tertiary/aromatic N) is 3. The highest BCUT2D eigenvalue weighted by Gasteiger charge is 2.07. The first-order valence-electron chi connectivity index (χ1n) is 5.05. The van der Waals surface area contributed by atoms with Crippen molar-refractivity contribution in [1.82, 2.24) is 20.2 Å². The van der Waals surface area contributed by atoms with Crippen molar-refractivity contribution >= 4 is 11.0 Å². The Hall–Kier alpha value is -2.23. The number of fused-ring (bicyclic) bond motifs is 1. The van der Waals surface area contributed by atoms with E-state index in [0.29, 0.717) is 0 Å². The number of H-pyrrole nitrogens is 1. The molecule has 3 heterocycles. The highest BCUT2D eigenvalue weighted by Crippen LogP contribution is 2.27. The number of hydrogen-bond donors (Lipinski definition) is 1. The molecule has 3 aromatic heterocycles. The van der Waals surface area contributed by atoms with Crippen LogP contribution in [-0.4, -0.2) is 20.2 Å². The molecule has 0 amide bonds. The molecule has 0 unspecified atom stereocenters. The van der Waals surface area contributed by atoms with Gasteiger partial charge >= 0.3 is 0 Å². The standard InChI is InChI=1S/C12H10N4/c1-8-2-4-13-6-10(8)9-3-5-14-12-11(9)7-15-16-12/h2-7H,1H3,(H,14,15,16). The molecule has 0 aliphatic heterocycles. The Morgan fingerprint density at radius 3 is 2.88 bits per heavy atom. The van der Waals surface area contributed by atoms with E-state index in [4.69, 9.17) is 0 Å². The second-order valence-corrected chi connectivity index (χ2v) is 3.68. The van der Waals surface area contributed by atoms with Crippen LogP contribution in [0.4, 0.5) is 0 Å². The molecule has 1 N–H and O–H groups in total. The number of hydrogen-bond acceptors (Lipinski definition) is 3. The second kappa shape index (κ2) is 3.41. The predicted octanol–water partition coefficient (Wildman–Crippen LogP) is 2.33. The van der Waals surface area contributed by atoms with E-state index >= 15 is 0 Å². The number of rotatable bonds is 1. The SMILES string of the molecule is Cc1ccncc1-c1ccnc2[nH]ncc12. The predicted molar refractivity (Wildman–Crippen MR) is 61.9 cm³/mol. The van der Waals surface area contributed by atoms with Gasteiger partial charge in [-0.15, -0.1) is 0 Å². The first kappa shape index (κ1) is 9.03. The number of aromatic nitrogens is 4. The van der Waals surface area contributed by atoms with E-state index in [1.807, 2.05) is 18.3 Å². The molecule has 0 fully saturated rings. The summed E-state index contributed by atoms with van der Waals surface area (Å²) in [6, 6.07) is 3.99. The van der Waals surface area contributed by atoms with Crippen molar-refractivity contribution < 1.29 is 0 Å². The molecule has 3 rings (SSSR count). The average Bonchev–Trinajstić information content (AvgIpc) is 2.77. The summed E-state index contributed by atoms with van der Waals surface area (Å²) in [5.41, 5.74) is 4.24. The molecule has 0 spiro atoms. The minimum atomic E-state index is 0.806. The van der Waals surface area contributed by atoms with Gasteiger partial charge in [-0.1, -0.05) is 0 Å². The molecule has 4 heteroatoms. The summed E-state index contributed by atoms with van der Waals surface area (Å²) in [7, 11) is 0. The van der Waals surface area contributed by atoms with Crippen LogP contribution >= 0.6 is 0 Å². The van der Waals surface area contributed by atoms with Crippen LogP contribution in [0.2, 0.25) is 0 Å². The molecule has 0 saturated heterocycles. The zero-order valence-electron chi connectivity index (χ0n) is 8.81. The van der Waals surface area contributed by atoms with Crippen molar-refractivity contribution in [3.8, 4) is 11.1 Å². The van der Waals surface area contributed by atoms with E-state index in [1.54, 1.807) is 18.6 Å². The van der Waals surface area contributed by atoms with Crippen LogP contribution in [0.5, 0.6) is 0 Å². The van der Waals surface area contributed by atoms with Crippen LogP contribution in [0.1, 0.15) is 5.56 Å². The zero-order chi connectivity index (χ0) is 11.0. The molecular weight excluding hydrogens is 200 g/mol. The second-order valence-electron chi connectivity index (χ2n) is 3.68. The smallest absolute Gasteiger partial charge is 0.155 e. The van der Waals surface area contributed by atoms with Crippen molar-refractivity contribution in [3.63, 3.8) is 0 Å². The van der Waals surface area contributed by atoms with E-state index in [9.17, 15) is 0 Å².